The Morgan fingerprint density at radius 1 is 1.38 bits per heavy atom. The number of aliphatic hydroxyl groups excluding tert-OH is 3. The third kappa shape index (κ3) is 5.54. The predicted molar refractivity (Wildman–Crippen MR) is 65.2 cm³/mol. The number of rotatable bonds is 1. The molecule has 3 N–H and O–H groups in total. The Labute approximate surface area is 119 Å². The van der Waals surface area contributed by atoms with Gasteiger partial charge in [0, 0.05) is 12.8 Å². The highest BCUT2D eigenvalue weighted by Crippen LogP contribution is 2.26. The van der Waals surface area contributed by atoms with Crippen LogP contribution in [0.25, 0.3) is 0 Å². The molecule has 6 nitrogen and oxygen atoms in total. The van der Waals surface area contributed by atoms with Gasteiger partial charge in [-0.05, 0) is 19.4 Å². The van der Waals surface area contributed by atoms with Crippen LogP contribution in [-0.4, -0.2) is 56.8 Å². The van der Waals surface area contributed by atoms with Gasteiger partial charge in [0.25, 0.3) is 0 Å². The Kier molecular flexibility index (Phi) is 6.46. The molecule has 1 fully saturated rings. The van der Waals surface area contributed by atoms with Gasteiger partial charge >= 0.3 is 6.18 Å². The number of nitrogens with zero attached hydrogens (tertiary/aromatic N) is 2. The maximum atomic E-state index is 11.9. The van der Waals surface area contributed by atoms with Crippen molar-refractivity contribution in [2.24, 2.45) is 0 Å². The van der Waals surface area contributed by atoms with E-state index in [1.54, 1.807) is 0 Å². The molecule has 0 spiro atoms. The maximum Gasteiger partial charge on any atom is 0.433 e. The van der Waals surface area contributed by atoms with Crippen LogP contribution in [0.3, 0.4) is 0 Å². The number of alkyl halides is 3. The molecule has 2 heterocycles. The first kappa shape index (κ1) is 17.8. The molecular formula is C12H17F3N2O4. The average molecular weight is 310 g/mol. The maximum absolute atomic E-state index is 11.9. The molecule has 9 heteroatoms. The van der Waals surface area contributed by atoms with Crippen LogP contribution >= 0.6 is 0 Å². The lowest BCUT2D eigenvalue weighted by atomic mass is 10.0. The second kappa shape index (κ2) is 7.64. The van der Waals surface area contributed by atoms with Gasteiger partial charge in [-0.15, -0.1) is 0 Å². The zero-order valence-corrected chi connectivity index (χ0v) is 11.3. The standard InChI is InChI=1S/C6H5F3N2.C6H12O4/c1-4-10-3-2-5(11-4)6(7,8)9;7-3-5-6(9)4(8)1-2-10-5/h2-3H,1H3;4-9H,1-3H2. The summed E-state index contributed by atoms with van der Waals surface area (Å²) in [5.74, 6) is 0.125. The summed E-state index contributed by atoms with van der Waals surface area (Å²) in [6.45, 7) is 1.58. The van der Waals surface area contributed by atoms with Crippen LogP contribution in [0.4, 0.5) is 13.2 Å². The number of ether oxygens (including phenoxy) is 1. The van der Waals surface area contributed by atoms with Crippen molar-refractivity contribution in [2.45, 2.75) is 37.8 Å². The van der Waals surface area contributed by atoms with Crippen molar-refractivity contribution < 1.29 is 33.2 Å². The minimum absolute atomic E-state index is 0.125. The number of hydrogen-bond donors (Lipinski definition) is 3. The molecule has 3 unspecified atom stereocenters. The van der Waals surface area contributed by atoms with Crippen LogP contribution in [0.1, 0.15) is 17.9 Å². The van der Waals surface area contributed by atoms with Gasteiger partial charge in [-0.3, -0.25) is 0 Å². The summed E-state index contributed by atoms with van der Waals surface area (Å²) in [6, 6.07) is 0.840. The van der Waals surface area contributed by atoms with E-state index in [1.807, 2.05) is 0 Å². The van der Waals surface area contributed by atoms with Crippen molar-refractivity contribution in [3.8, 4) is 0 Å². The smallest absolute Gasteiger partial charge is 0.394 e. The van der Waals surface area contributed by atoms with Gasteiger partial charge in [-0.25, -0.2) is 9.97 Å². The molecular weight excluding hydrogens is 293 g/mol. The summed E-state index contributed by atoms with van der Waals surface area (Å²) in [5.41, 5.74) is -0.898. The lowest BCUT2D eigenvalue weighted by Crippen LogP contribution is -2.46. The molecule has 21 heavy (non-hydrogen) atoms. The molecule has 0 aliphatic carbocycles. The quantitative estimate of drug-likeness (QED) is 0.690. The molecule has 0 radical (unpaired) electrons. The van der Waals surface area contributed by atoms with Crippen LogP contribution < -0.4 is 0 Å². The highest BCUT2D eigenvalue weighted by atomic mass is 19.4. The van der Waals surface area contributed by atoms with Gasteiger partial charge in [-0.1, -0.05) is 0 Å². The second-order valence-electron chi connectivity index (χ2n) is 4.43. The minimum atomic E-state index is -4.37. The van der Waals surface area contributed by atoms with E-state index >= 15 is 0 Å². The molecule has 3 atom stereocenters. The van der Waals surface area contributed by atoms with Gasteiger partial charge in [-0.2, -0.15) is 13.2 Å². The molecule has 2 rings (SSSR count). The molecule has 120 valence electrons. The normalized spacial score (nSPS) is 26.0. The Morgan fingerprint density at radius 2 is 2.05 bits per heavy atom. The molecule has 1 aliphatic heterocycles. The lowest BCUT2D eigenvalue weighted by Gasteiger charge is -2.30. The highest BCUT2D eigenvalue weighted by molar-refractivity contribution is 5.05. The van der Waals surface area contributed by atoms with Gasteiger partial charge in [0.2, 0.25) is 0 Å². The highest BCUT2D eigenvalue weighted by Gasteiger charge is 2.32. The fraction of sp³-hybridized carbons (Fsp3) is 0.667. The number of halogens is 3. The van der Waals surface area contributed by atoms with E-state index in [9.17, 15) is 13.2 Å². The fourth-order valence-electron chi connectivity index (χ4n) is 1.63. The molecule has 0 amide bonds. The van der Waals surface area contributed by atoms with Crippen molar-refractivity contribution in [2.75, 3.05) is 13.2 Å². The van der Waals surface area contributed by atoms with E-state index in [0.717, 1.165) is 12.3 Å². The van der Waals surface area contributed by atoms with E-state index in [2.05, 4.69) is 9.97 Å². The summed E-state index contributed by atoms with van der Waals surface area (Å²) in [4.78, 5) is 6.75. The lowest BCUT2D eigenvalue weighted by molar-refractivity contribution is -0.147. The Bertz CT molecular complexity index is 445. The molecule has 0 aromatic carbocycles. The van der Waals surface area contributed by atoms with Crippen molar-refractivity contribution in [1.82, 2.24) is 9.97 Å². The summed E-state index contributed by atoms with van der Waals surface area (Å²) in [6.07, 6.45) is -5.12. The fourth-order valence-corrected chi connectivity index (χ4v) is 1.63. The average Bonchev–Trinajstić information content (AvgIpc) is 2.42. The SMILES string of the molecule is Cc1nccc(C(F)(F)F)n1.OCC1OCCC(O)C1O. The van der Waals surface area contributed by atoms with Crippen LogP contribution in [-0.2, 0) is 10.9 Å². The first-order valence-corrected chi connectivity index (χ1v) is 6.21. The van der Waals surface area contributed by atoms with Gasteiger partial charge in [0.05, 0.1) is 12.7 Å². The Balaban J connectivity index is 0.000000211. The van der Waals surface area contributed by atoms with Crippen molar-refractivity contribution >= 4 is 0 Å². The number of aromatic nitrogens is 2. The van der Waals surface area contributed by atoms with E-state index in [-0.39, 0.29) is 12.4 Å². The van der Waals surface area contributed by atoms with E-state index in [4.69, 9.17) is 20.1 Å². The summed E-state index contributed by atoms with van der Waals surface area (Å²) in [5, 5.41) is 26.7. The second-order valence-corrected chi connectivity index (χ2v) is 4.43. The minimum Gasteiger partial charge on any atom is -0.394 e. The van der Waals surface area contributed by atoms with Crippen molar-refractivity contribution in [3.63, 3.8) is 0 Å². The summed E-state index contributed by atoms with van der Waals surface area (Å²) < 4.78 is 40.6. The van der Waals surface area contributed by atoms with Crippen LogP contribution in [0.5, 0.6) is 0 Å². The Morgan fingerprint density at radius 3 is 2.48 bits per heavy atom. The van der Waals surface area contributed by atoms with Crippen LogP contribution in [0.2, 0.25) is 0 Å². The van der Waals surface area contributed by atoms with E-state index < -0.39 is 30.2 Å². The zero-order chi connectivity index (χ0) is 16.0. The van der Waals surface area contributed by atoms with Crippen molar-refractivity contribution in [3.05, 3.63) is 23.8 Å². The molecule has 0 bridgehead atoms. The van der Waals surface area contributed by atoms with Crippen molar-refractivity contribution in [1.29, 1.82) is 0 Å². The van der Waals surface area contributed by atoms with Gasteiger partial charge in [0.1, 0.15) is 23.7 Å². The number of aliphatic hydroxyl groups is 3. The van der Waals surface area contributed by atoms with Gasteiger partial charge < -0.3 is 20.1 Å². The van der Waals surface area contributed by atoms with Crippen LogP contribution in [0.15, 0.2) is 12.3 Å². The topological polar surface area (TPSA) is 95.7 Å². The van der Waals surface area contributed by atoms with Crippen LogP contribution in [0, 0.1) is 6.92 Å². The predicted octanol–water partition coefficient (Wildman–Crippen LogP) is 0.293. The zero-order valence-electron chi connectivity index (χ0n) is 11.3. The first-order valence-electron chi connectivity index (χ1n) is 6.21. The van der Waals surface area contributed by atoms with Gasteiger partial charge in [0.15, 0.2) is 0 Å². The largest absolute Gasteiger partial charge is 0.433 e. The molecule has 0 saturated carbocycles. The van der Waals surface area contributed by atoms with E-state index in [0.29, 0.717) is 13.0 Å². The summed E-state index contributed by atoms with van der Waals surface area (Å²) in [7, 11) is 0. The third-order valence-electron chi connectivity index (χ3n) is 2.77. The molecule has 1 aliphatic rings. The molecule has 1 aromatic heterocycles. The van der Waals surface area contributed by atoms with E-state index in [1.165, 1.54) is 6.92 Å². The number of hydrogen-bond acceptors (Lipinski definition) is 6. The monoisotopic (exact) mass is 310 g/mol. The number of aryl methyl sites for hydroxylation is 1. The molecule has 1 saturated heterocycles. The third-order valence-corrected chi connectivity index (χ3v) is 2.77. The first-order chi connectivity index (χ1) is 9.75. The molecule has 1 aromatic rings. The Hall–Kier alpha value is -1.29. The summed E-state index contributed by atoms with van der Waals surface area (Å²) >= 11 is 0.